The van der Waals surface area contributed by atoms with Crippen molar-refractivity contribution in [3.05, 3.63) is 41.5 Å². The van der Waals surface area contributed by atoms with Crippen LogP contribution in [0.1, 0.15) is 24.0 Å². The highest BCUT2D eigenvalue weighted by Gasteiger charge is 2.27. The van der Waals surface area contributed by atoms with Crippen LogP contribution < -0.4 is 9.47 Å². The van der Waals surface area contributed by atoms with E-state index in [1.54, 1.807) is 13.2 Å². The van der Waals surface area contributed by atoms with Crippen LogP contribution in [-0.2, 0) is 14.3 Å². The molecule has 0 radical (unpaired) electrons. The molecule has 0 aliphatic rings. The molecule has 0 saturated heterocycles. The van der Waals surface area contributed by atoms with Gasteiger partial charge in [0.1, 0.15) is 29.6 Å². The second kappa shape index (κ2) is 10.5. The van der Waals surface area contributed by atoms with Gasteiger partial charge in [0.05, 0.1) is 38.4 Å². The normalized spacial score (nSPS) is 11.8. The molecular formula is C21H26O8. The summed E-state index contributed by atoms with van der Waals surface area (Å²) in [7, 11) is 2.99. The molecule has 0 heterocycles. The molecule has 0 aliphatic heterocycles. The quantitative estimate of drug-likeness (QED) is 0.488. The van der Waals surface area contributed by atoms with Gasteiger partial charge in [0.2, 0.25) is 0 Å². The van der Waals surface area contributed by atoms with Gasteiger partial charge in [-0.25, -0.2) is 0 Å². The zero-order chi connectivity index (χ0) is 21.4. The van der Waals surface area contributed by atoms with Gasteiger partial charge in [0.25, 0.3) is 0 Å². The predicted octanol–water partition coefficient (Wildman–Crippen LogP) is 2.57. The Hall–Kier alpha value is -2.97. The number of rotatable bonds is 11. The van der Waals surface area contributed by atoms with E-state index in [0.717, 1.165) is 0 Å². The Morgan fingerprint density at radius 1 is 0.931 bits per heavy atom. The number of phenolic OH excluding ortho intramolecular Hbond substituents is 3. The smallest absolute Gasteiger partial charge is 0.160 e. The first kappa shape index (κ1) is 22.3. The molecule has 8 heteroatoms. The van der Waals surface area contributed by atoms with Crippen LogP contribution in [0.2, 0.25) is 0 Å². The Morgan fingerprint density at radius 3 is 2.14 bits per heavy atom. The molecule has 8 nitrogen and oxygen atoms in total. The van der Waals surface area contributed by atoms with Gasteiger partial charge in [-0.05, 0) is 24.6 Å². The average molecular weight is 406 g/mol. The summed E-state index contributed by atoms with van der Waals surface area (Å²) in [5, 5.41) is 31.0. The van der Waals surface area contributed by atoms with Gasteiger partial charge in [-0.1, -0.05) is 6.07 Å². The molecule has 0 amide bonds. The first-order valence-corrected chi connectivity index (χ1v) is 9.01. The maximum Gasteiger partial charge on any atom is 0.160 e. The molecular weight excluding hydrogens is 380 g/mol. The Kier molecular flexibility index (Phi) is 8.11. The molecule has 0 spiro atoms. The van der Waals surface area contributed by atoms with Crippen LogP contribution in [0.25, 0.3) is 0 Å². The third-order valence-corrected chi connectivity index (χ3v) is 4.27. The van der Waals surface area contributed by atoms with Gasteiger partial charge in [-0.3, -0.25) is 4.79 Å². The number of benzene rings is 2. The fourth-order valence-electron chi connectivity index (χ4n) is 2.93. The molecule has 0 saturated carbocycles. The number of hydrogen-bond acceptors (Lipinski definition) is 8. The number of phenols is 3. The minimum atomic E-state index is -0.974. The summed E-state index contributed by atoms with van der Waals surface area (Å²) in [6.07, 6.45) is 0. The zero-order valence-electron chi connectivity index (χ0n) is 16.7. The number of Topliss-reactive ketones (excluding diaryl/α,β-unsaturated/α-hetero) is 1. The number of aromatic hydroxyl groups is 3. The topological polar surface area (TPSA) is 115 Å². The number of carbonyl (C=O) groups excluding carboxylic acids is 1. The van der Waals surface area contributed by atoms with Crippen molar-refractivity contribution in [3.8, 4) is 28.7 Å². The van der Waals surface area contributed by atoms with E-state index in [2.05, 4.69) is 0 Å². The van der Waals surface area contributed by atoms with Gasteiger partial charge < -0.3 is 34.3 Å². The van der Waals surface area contributed by atoms with Gasteiger partial charge in [-0.2, -0.15) is 0 Å². The molecule has 0 aliphatic carbocycles. The second-order valence-electron chi connectivity index (χ2n) is 6.30. The fourth-order valence-corrected chi connectivity index (χ4v) is 2.93. The van der Waals surface area contributed by atoms with E-state index in [0.29, 0.717) is 25.4 Å². The van der Waals surface area contributed by atoms with Crippen LogP contribution >= 0.6 is 0 Å². The second-order valence-corrected chi connectivity index (χ2v) is 6.30. The van der Waals surface area contributed by atoms with E-state index in [1.807, 2.05) is 0 Å². The van der Waals surface area contributed by atoms with Gasteiger partial charge in [0, 0.05) is 19.2 Å². The molecule has 0 aromatic heterocycles. The summed E-state index contributed by atoms with van der Waals surface area (Å²) in [4.78, 5) is 12.3. The maximum atomic E-state index is 12.3. The summed E-state index contributed by atoms with van der Waals surface area (Å²) in [5.74, 6) is -1.55. The van der Waals surface area contributed by atoms with E-state index in [1.165, 1.54) is 38.3 Å². The summed E-state index contributed by atoms with van der Waals surface area (Å²) < 4.78 is 20.6. The average Bonchev–Trinajstić information content (AvgIpc) is 2.67. The lowest BCUT2D eigenvalue weighted by molar-refractivity contribution is -0.117. The monoisotopic (exact) mass is 406 g/mol. The summed E-state index contributed by atoms with van der Waals surface area (Å²) in [5.41, 5.74) is 0.437. The van der Waals surface area contributed by atoms with Gasteiger partial charge in [0.15, 0.2) is 11.5 Å². The lowest BCUT2D eigenvalue weighted by Gasteiger charge is -2.19. The molecule has 2 aromatic rings. The van der Waals surface area contributed by atoms with E-state index < -0.39 is 5.92 Å². The maximum absolute atomic E-state index is 12.3. The molecule has 2 aromatic carbocycles. The number of ketones is 1. The van der Waals surface area contributed by atoms with Gasteiger partial charge >= 0.3 is 0 Å². The minimum absolute atomic E-state index is 0.0331. The Morgan fingerprint density at radius 2 is 1.59 bits per heavy atom. The minimum Gasteiger partial charge on any atom is -0.507 e. The number of carbonyl (C=O) groups is 1. The van der Waals surface area contributed by atoms with Crippen molar-refractivity contribution in [3.63, 3.8) is 0 Å². The highest BCUT2D eigenvalue weighted by Crippen LogP contribution is 2.42. The van der Waals surface area contributed by atoms with Crippen molar-refractivity contribution in [2.24, 2.45) is 0 Å². The first-order valence-electron chi connectivity index (χ1n) is 9.01. The van der Waals surface area contributed by atoms with Crippen LogP contribution in [0.5, 0.6) is 28.7 Å². The van der Waals surface area contributed by atoms with E-state index in [4.69, 9.17) is 18.9 Å². The highest BCUT2D eigenvalue weighted by atomic mass is 16.5. The largest absolute Gasteiger partial charge is 0.507 e. The van der Waals surface area contributed by atoms with Crippen LogP contribution in [0, 0.1) is 0 Å². The lowest BCUT2D eigenvalue weighted by Crippen LogP contribution is -2.12. The van der Waals surface area contributed by atoms with Crippen molar-refractivity contribution >= 4 is 5.78 Å². The molecule has 1 atom stereocenters. The van der Waals surface area contributed by atoms with Crippen LogP contribution in [0.4, 0.5) is 0 Å². The van der Waals surface area contributed by atoms with Crippen LogP contribution in [-0.4, -0.2) is 61.7 Å². The van der Waals surface area contributed by atoms with E-state index >= 15 is 0 Å². The van der Waals surface area contributed by atoms with Crippen LogP contribution in [0.3, 0.4) is 0 Å². The number of ether oxygens (including phenoxy) is 4. The van der Waals surface area contributed by atoms with Crippen molar-refractivity contribution in [1.29, 1.82) is 0 Å². The fraction of sp³-hybridized carbons (Fsp3) is 0.381. The summed E-state index contributed by atoms with van der Waals surface area (Å²) in [6, 6.07) is 7.11. The molecule has 29 heavy (non-hydrogen) atoms. The van der Waals surface area contributed by atoms with Gasteiger partial charge in [-0.15, -0.1) is 0 Å². The number of methoxy groups -OCH3 is 2. The van der Waals surface area contributed by atoms with E-state index in [-0.39, 0.29) is 46.7 Å². The molecule has 1 unspecified atom stereocenters. The van der Waals surface area contributed by atoms with E-state index in [9.17, 15) is 20.1 Å². The van der Waals surface area contributed by atoms with Crippen molar-refractivity contribution in [1.82, 2.24) is 0 Å². The molecule has 158 valence electrons. The standard InChI is InChI=1S/C21H26O8/c1-13(22)20(14-4-5-19(27-3)16(23)10-14)21-17(24)11-15(12-18(21)25)29-9-8-28-7-6-26-2/h4-5,10-12,20,23-25H,6-9H2,1-3H3. The predicted molar refractivity (Wildman–Crippen MR) is 105 cm³/mol. The number of hydrogen-bond donors (Lipinski definition) is 3. The molecule has 0 fully saturated rings. The third-order valence-electron chi connectivity index (χ3n) is 4.27. The zero-order valence-corrected chi connectivity index (χ0v) is 16.7. The third kappa shape index (κ3) is 5.75. The highest BCUT2D eigenvalue weighted by molar-refractivity contribution is 5.89. The molecule has 2 rings (SSSR count). The molecule has 0 bridgehead atoms. The first-order chi connectivity index (χ1) is 13.9. The Labute approximate surface area is 169 Å². The van der Waals surface area contributed by atoms with Crippen molar-refractivity contribution in [2.45, 2.75) is 12.8 Å². The van der Waals surface area contributed by atoms with Crippen molar-refractivity contribution in [2.75, 3.05) is 40.6 Å². The Bertz CT molecular complexity index is 810. The summed E-state index contributed by atoms with van der Waals surface area (Å²) >= 11 is 0. The van der Waals surface area contributed by atoms with Crippen LogP contribution in [0.15, 0.2) is 30.3 Å². The lowest BCUT2D eigenvalue weighted by atomic mass is 9.86. The SMILES string of the molecule is COCCOCCOc1cc(O)c(C(C(C)=O)c2ccc(OC)c(O)c2)c(O)c1. The van der Waals surface area contributed by atoms with Crippen molar-refractivity contribution < 1.29 is 39.1 Å². The molecule has 3 N–H and O–H groups in total. The summed E-state index contributed by atoms with van der Waals surface area (Å²) in [6.45, 7) is 2.78. The Balaban J connectivity index is 2.22.